The summed E-state index contributed by atoms with van der Waals surface area (Å²) in [4.78, 5) is 11.1. The molecule has 5 heteroatoms. The number of ether oxygens (including phenoxy) is 2. The van der Waals surface area contributed by atoms with Crippen LogP contribution in [0.2, 0.25) is 0 Å². The van der Waals surface area contributed by atoms with Gasteiger partial charge >= 0.3 is 5.97 Å². The van der Waals surface area contributed by atoms with Crippen LogP contribution in [0.15, 0.2) is 30.3 Å². The van der Waals surface area contributed by atoms with Crippen LogP contribution in [-0.4, -0.2) is 40.6 Å². The van der Waals surface area contributed by atoms with Crippen molar-refractivity contribution in [1.82, 2.24) is 0 Å². The molecule has 0 unspecified atom stereocenters. The summed E-state index contributed by atoms with van der Waals surface area (Å²) in [6.45, 7) is 0. The maximum atomic E-state index is 11.1. The van der Waals surface area contributed by atoms with Crippen LogP contribution in [0.3, 0.4) is 0 Å². The number of benzene rings is 1. The summed E-state index contributed by atoms with van der Waals surface area (Å²) in [5.41, 5.74) is 0.674. The second-order valence-corrected chi connectivity index (χ2v) is 4.64. The number of aliphatic hydroxyl groups is 2. The number of carbonyl (C=O) groups excluding carboxylic acids is 1. The lowest BCUT2D eigenvalue weighted by atomic mass is 9.99. The van der Waals surface area contributed by atoms with Gasteiger partial charge in [0.15, 0.2) is 6.10 Å². The van der Waals surface area contributed by atoms with E-state index in [0.29, 0.717) is 5.56 Å². The Kier molecular flexibility index (Phi) is 2.81. The Hall–Kier alpha value is -1.43. The Labute approximate surface area is 104 Å². The molecule has 5 nitrogen and oxygen atoms in total. The van der Waals surface area contributed by atoms with Crippen LogP contribution in [0.25, 0.3) is 0 Å². The van der Waals surface area contributed by atoms with E-state index in [-0.39, 0.29) is 12.4 Å². The van der Waals surface area contributed by atoms with E-state index in [4.69, 9.17) is 9.47 Å². The van der Waals surface area contributed by atoms with Gasteiger partial charge in [0.2, 0.25) is 0 Å². The largest absolute Gasteiger partial charge is 0.457 e. The van der Waals surface area contributed by atoms with Crippen LogP contribution >= 0.6 is 0 Å². The lowest BCUT2D eigenvalue weighted by Crippen LogP contribution is -2.35. The highest BCUT2D eigenvalue weighted by Crippen LogP contribution is 2.36. The van der Waals surface area contributed by atoms with Crippen LogP contribution in [0, 0.1) is 0 Å². The van der Waals surface area contributed by atoms with Gasteiger partial charge in [-0.2, -0.15) is 0 Å². The second-order valence-electron chi connectivity index (χ2n) is 4.64. The molecule has 0 radical (unpaired) electrons. The molecule has 1 aromatic carbocycles. The molecular formula is C13H14O5. The molecule has 0 spiro atoms. The Morgan fingerprint density at radius 3 is 2.67 bits per heavy atom. The highest BCUT2D eigenvalue weighted by molar-refractivity contribution is 5.73. The zero-order valence-corrected chi connectivity index (χ0v) is 9.60. The maximum absolute atomic E-state index is 11.1. The van der Waals surface area contributed by atoms with E-state index >= 15 is 0 Å². The van der Waals surface area contributed by atoms with Crippen molar-refractivity contribution in [1.29, 1.82) is 0 Å². The molecule has 2 fully saturated rings. The maximum Gasteiger partial charge on any atom is 0.309 e. The zero-order chi connectivity index (χ0) is 12.7. The standard InChI is InChI=1S/C13H14O5/c14-9-6-8-12(18-9)11(16)13(17-8)10(15)7-4-2-1-3-5-7/h1-5,8,10-13,15-16H,6H2/t8-,10-,11+,12+,13-/m1/s1. The van der Waals surface area contributed by atoms with Crippen LogP contribution < -0.4 is 0 Å². The van der Waals surface area contributed by atoms with Gasteiger partial charge in [-0.25, -0.2) is 0 Å². The summed E-state index contributed by atoms with van der Waals surface area (Å²) in [5, 5.41) is 20.2. The Balaban J connectivity index is 1.77. The van der Waals surface area contributed by atoms with Crippen LogP contribution in [0.5, 0.6) is 0 Å². The molecule has 96 valence electrons. The summed E-state index contributed by atoms with van der Waals surface area (Å²) in [7, 11) is 0. The third-order valence-corrected chi connectivity index (χ3v) is 3.46. The zero-order valence-electron chi connectivity index (χ0n) is 9.60. The third-order valence-electron chi connectivity index (χ3n) is 3.46. The van der Waals surface area contributed by atoms with Crippen LogP contribution in [-0.2, 0) is 14.3 Å². The summed E-state index contributed by atoms with van der Waals surface area (Å²) in [6, 6.07) is 8.99. The van der Waals surface area contributed by atoms with E-state index in [2.05, 4.69) is 0 Å². The number of hydrogen-bond donors (Lipinski definition) is 2. The fourth-order valence-corrected chi connectivity index (χ4v) is 2.54. The molecule has 2 N–H and O–H groups in total. The number of aliphatic hydroxyl groups excluding tert-OH is 2. The van der Waals surface area contributed by atoms with Crippen molar-refractivity contribution in [3.63, 3.8) is 0 Å². The molecule has 3 rings (SSSR count). The van der Waals surface area contributed by atoms with Gasteiger partial charge in [-0.05, 0) is 5.56 Å². The Bertz CT molecular complexity index is 446. The van der Waals surface area contributed by atoms with Crippen LogP contribution in [0.1, 0.15) is 18.1 Å². The first kappa shape index (κ1) is 11.6. The van der Waals surface area contributed by atoms with E-state index in [9.17, 15) is 15.0 Å². The first-order valence-electron chi connectivity index (χ1n) is 5.93. The van der Waals surface area contributed by atoms with Gasteiger partial charge in [0.05, 0.1) is 6.42 Å². The fraction of sp³-hybridized carbons (Fsp3) is 0.462. The van der Waals surface area contributed by atoms with Gasteiger partial charge in [-0.3, -0.25) is 4.79 Å². The third kappa shape index (κ3) is 1.80. The van der Waals surface area contributed by atoms with E-state index in [1.54, 1.807) is 24.3 Å². The minimum atomic E-state index is -0.989. The molecule has 0 amide bonds. The van der Waals surface area contributed by atoms with Gasteiger partial charge in [0.1, 0.15) is 24.4 Å². The van der Waals surface area contributed by atoms with Crippen LogP contribution in [0.4, 0.5) is 0 Å². The number of fused-ring (bicyclic) bond motifs is 1. The van der Waals surface area contributed by atoms with E-state index in [1.807, 2.05) is 6.07 Å². The lowest BCUT2D eigenvalue weighted by molar-refractivity contribution is -0.147. The molecule has 18 heavy (non-hydrogen) atoms. The van der Waals surface area contributed by atoms with Gasteiger partial charge < -0.3 is 19.7 Å². The highest BCUT2D eigenvalue weighted by Gasteiger charge is 2.53. The summed E-state index contributed by atoms with van der Waals surface area (Å²) < 4.78 is 10.5. The van der Waals surface area contributed by atoms with Crippen molar-refractivity contribution in [2.45, 2.75) is 36.9 Å². The molecule has 2 aliphatic heterocycles. The molecule has 0 saturated carbocycles. The average Bonchev–Trinajstić information content (AvgIpc) is 2.88. The SMILES string of the molecule is O=C1C[C@H]2O[C@H]([C@H](O)c3ccccc3)[C@@H](O)[C@H]2O1. The number of rotatable bonds is 2. The molecule has 5 atom stereocenters. The summed E-state index contributed by atoms with van der Waals surface area (Å²) >= 11 is 0. The van der Waals surface area contributed by atoms with E-state index in [1.165, 1.54) is 0 Å². The number of carbonyl (C=O) groups is 1. The molecule has 0 aliphatic carbocycles. The van der Waals surface area contributed by atoms with Crippen molar-refractivity contribution in [3.8, 4) is 0 Å². The van der Waals surface area contributed by atoms with E-state index < -0.39 is 30.5 Å². The molecule has 2 heterocycles. The smallest absolute Gasteiger partial charge is 0.309 e. The predicted octanol–water partition coefficient (Wildman–Crippen LogP) is 0.164. The summed E-state index contributed by atoms with van der Waals surface area (Å²) in [6.07, 6.45) is -3.63. The molecule has 0 aromatic heterocycles. The first-order valence-corrected chi connectivity index (χ1v) is 5.93. The first-order chi connectivity index (χ1) is 8.66. The normalized spacial score (nSPS) is 36.2. The van der Waals surface area contributed by atoms with Crippen molar-refractivity contribution >= 4 is 5.97 Å². The van der Waals surface area contributed by atoms with Crippen molar-refractivity contribution in [2.75, 3.05) is 0 Å². The van der Waals surface area contributed by atoms with Crippen molar-refractivity contribution < 1.29 is 24.5 Å². The minimum absolute atomic E-state index is 0.139. The lowest BCUT2D eigenvalue weighted by Gasteiger charge is -2.22. The van der Waals surface area contributed by atoms with Crippen molar-refractivity contribution in [3.05, 3.63) is 35.9 Å². The number of esters is 1. The van der Waals surface area contributed by atoms with Crippen molar-refractivity contribution in [2.24, 2.45) is 0 Å². The fourth-order valence-electron chi connectivity index (χ4n) is 2.54. The molecule has 1 aromatic rings. The summed E-state index contributed by atoms with van der Waals surface area (Å²) in [5.74, 6) is -0.364. The molecule has 0 bridgehead atoms. The Morgan fingerprint density at radius 1 is 1.28 bits per heavy atom. The quantitative estimate of drug-likeness (QED) is 0.731. The highest BCUT2D eigenvalue weighted by atomic mass is 16.6. The van der Waals surface area contributed by atoms with Gasteiger partial charge in [0.25, 0.3) is 0 Å². The number of hydrogen-bond acceptors (Lipinski definition) is 5. The molecule has 2 saturated heterocycles. The van der Waals surface area contributed by atoms with Gasteiger partial charge in [0, 0.05) is 0 Å². The average molecular weight is 250 g/mol. The topological polar surface area (TPSA) is 76.0 Å². The predicted molar refractivity (Wildman–Crippen MR) is 60.6 cm³/mol. The monoisotopic (exact) mass is 250 g/mol. The van der Waals surface area contributed by atoms with Gasteiger partial charge in [-0.15, -0.1) is 0 Å². The molecule has 2 aliphatic rings. The Morgan fingerprint density at radius 2 is 2.00 bits per heavy atom. The molecular weight excluding hydrogens is 236 g/mol. The van der Waals surface area contributed by atoms with Gasteiger partial charge in [-0.1, -0.05) is 30.3 Å². The minimum Gasteiger partial charge on any atom is -0.457 e. The second kappa shape index (κ2) is 4.35. The van der Waals surface area contributed by atoms with E-state index in [0.717, 1.165) is 0 Å².